The number of rotatable bonds is 3. The first kappa shape index (κ1) is 17.7. The van der Waals surface area contributed by atoms with Gasteiger partial charge in [-0.05, 0) is 25.3 Å². The van der Waals surface area contributed by atoms with Crippen molar-refractivity contribution in [1.82, 2.24) is 14.5 Å². The maximum absolute atomic E-state index is 10.5. The van der Waals surface area contributed by atoms with Crippen LogP contribution in [0, 0.1) is 6.92 Å². The molecule has 2 aliphatic rings. The van der Waals surface area contributed by atoms with Gasteiger partial charge in [0.1, 0.15) is 5.82 Å². The third-order valence-corrected chi connectivity index (χ3v) is 5.97. The standard InChI is InChI=1S/C21H29N3O2/c1-16-22-18(14-23(16)2)15-24-10-8-21(9-11-24)13-19(25)12-20(26-21)17-6-4-3-5-7-17/h3-7,14,19-20,25H,8-13,15H2,1-2H3/t19-,20-/m1/s1. The maximum atomic E-state index is 10.5. The number of aliphatic hydroxyl groups excluding tert-OH is 1. The summed E-state index contributed by atoms with van der Waals surface area (Å²) in [6.07, 6.45) is 5.24. The molecule has 5 heteroatoms. The number of aromatic nitrogens is 2. The Morgan fingerprint density at radius 1 is 1.23 bits per heavy atom. The van der Waals surface area contributed by atoms with E-state index in [9.17, 15) is 5.11 Å². The summed E-state index contributed by atoms with van der Waals surface area (Å²) >= 11 is 0. The predicted molar refractivity (Wildman–Crippen MR) is 101 cm³/mol. The summed E-state index contributed by atoms with van der Waals surface area (Å²) in [7, 11) is 2.04. The molecule has 3 heterocycles. The number of hydrogen-bond donors (Lipinski definition) is 1. The van der Waals surface area contributed by atoms with E-state index in [4.69, 9.17) is 4.74 Å². The topological polar surface area (TPSA) is 50.5 Å². The molecule has 1 N–H and O–H groups in total. The van der Waals surface area contributed by atoms with Gasteiger partial charge in [0.25, 0.3) is 0 Å². The number of aliphatic hydroxyl groups is 1. The quantitative estimate of drug-likeness (QED) is 0.920. The highest BCUT2D eigenvalue weighted by molar-refractivity contribution is 5.19. The van der Waals surface area contributed by atoms with E-state index in [1.807, 2.05) is 32.2 Å². The maximum Gasteiger partial charge on any atom is 0.105 e. The van der Waals surface area contributed by atoms with Gasteiger partial charge in [-0.1, -0.05) is 30.3 Å². The first-order valence-electron chi connectivity index (χ1n) is 9.65. The van der Waals surface area contributed by atoms with Crippen LogP contribution in [-0.2, 0) is 18.3 Å². The molecule has 2 aromatic rings. The fourth-order valence-corrected chi connectivity index (χ4v) is 4.41. The van der Waals surface area contributed by atoms with E-state index in [0.717, 1.165) is 50.4 Å². The zero-order valence-electron chi connectivity index (χ0n) is 15.8. The molecule has 1 spiro atoms. The minimum absolute atomic E-state index is 0.00457. The smallest absolute Gasteiger partial charge is 0.105 e. The van der Waals surface area contributed by atoms with Crippen molar-refractivity contribution in [3.63, 3.8) is 0 Å². The minimum Gasteiger partial charge on any atom is -0.393 e. The van der Waals surface area contributed by atoms with E-state index in [-0.39, 0.29) is 17.8 Å². The van der Waals surface area contributed by atoms with Crippen LogP contribution in [0.1, 0.15) is 48.9 Å². The Bertz CT molecular complexity index is 715. The van der Waals surface area contributed by atoms with Crippen molar-refractivity contribution < 1.29 is 9.84 Å². The minimum atomic E-state index is -0.279. The molecule has 0 unspecified atom stereocenters. The summed E-state index contributed by atoms with van der Waals surface area (Å²) < 4.78 is 8.66. The molecule has 1 aromatic heterocycles. The number of hydrogen-bond acceptors (Lipinski definition) is 4. The third-order valence-electron chi connectivity index (χ3n) is 5.97. The van der Waals surface area contributed by atoms with E-state index in [2.05, 4.69) is 32.8 Å². The van der Waals surface area contributed by atoms with Gasteiger partial charge in [0, 0.05) is 45.7 Å². The summed E-state index contributed by atoms with van der Waals surface area (Å²) in [4.78, 5) is 7.08. The lowest BCUT2D eigenvalue weighted by molar-refractivity contribution is -0.184. The SMILES string of the molecule is Cc1nc(CN2CCC3(CC2)C[C@H](O)C[C@H](c2ccccc2)O3)cn1C. The van der Waals surface area contributed by atoms with Crippen LogP contribution in [0.25, 0.3) is 0 Å². The monoisotopic (exact) mass is 355 g/mol. The second kappa shape index (κ2) is 7.14. The highest BCUT2D eigenvalue weighted by Crippen LogP contribution is 2.43. The fourth-order valence-electron chi connectivity index (χ4n) is 4.41. The largest absolute Gasteiger partial charge is 0.393 e. The Kier molecular flexibility index (Phi) is 4.86. The zero-order chi connectivity index (χ0) is 18.1. The highest BCUT2D eigenvalue weighted by Gasteiger charge is 2.43. The highest BCUT2D eigenvalue weighted by atomic mass is 16.5. The molecule has 2 fully saturated rings. The van der Waals surface area contributed by atoms with Crippen LogP contribution in [0.2, 0.25) is 0 Å². The Morgan fingerprint density at radius 3 is 2.62 bits per heavy atom. The molecular formula is C21H29N3O2. The number of imidazole rings is 1. The fraction of sp³-hybridized carbons (Fsp3) is 0.571. The summed E-state index contributed by atoms with van der Waals surface area (Å²) in [6, 6.07) is 10.3. The molecule has 0 bridgehead atoms. The number of benzene rings is 1. The van der Waals surface area contributed by atoms with Crippen molar-refractivity contribution in [2.75, 3.05) is 13.1 Å². The lowest BCUT2D eigenvalue weighted by atomic mass is 9.81. The molecule has 26 heavy (non-hydrogen) atoms. The molecule has 2 aliphatic heterocycles. The normalized spacial score (nSPS) is 26.3. The summed E-state index contributed by atoms with van der Waals surface area (Å²) in [5.41, 5.74) is 2.12. The molecular weight excluding hydrogens is 326 g/mol. The second-order valence-electron chi connectivity index (χ2n) is 7.96. The zero-order valence-corrected chi connectivity index (χ0v) is 15.8. The summed E-state index contributed by atoms with van der Waals surface area (Å²) in [5.74, 6) is 1.05. The van der Waals surface area contributed by atoms with Gasteiger partial charge in [0.15, 0.2) is 0 Å². The third kappa shape index (κ3) is 3.70. The van der Waals surface area contributed by atoms with Crippen LogP contribution in [0.15, 0.2) is 36.5 Å². The summed E-state index contributed by atoms with van der Waals surface area (Å²) in [6.45, 7) is 4.91. The second-order valence-corrected chi connectivity index (χ2v) is 7.96. The molecule has 4 rings (SSSR count). The van der Waals surface area contributed by atoms with Crippen LogP contribution in [0.5, 0.6) is 0 Å². The lowest BCUT2D eigenvalue weighted by Crippen LogP contribution is -2.50. The van der Waals surface area contributed by atoms with Gasteiger partial charge in [-0.3, -0.25) is 4.90 Å². The van der Waals surface area contributed by atoms with Gasteiger partial charge in [-0.2, -0.15) is 0 Å². The molecule has 1 aromatic carbocycles. The van der Waals surface area contributed by atoms with Crippen LogP contribution < -0.4 is 0 Å². The van der Waals surface area contributed by atoms with Crippen molar-refractivity contribution in [2.24, 2.45) is 7.05 Å². The van der Waals surface area contributed by atoms with E-state index in [1.165, 1.54) is 5.56 Å². The van der Waals surface area contributed by atoms with Crippen molar-refractivity contribution in [3.05, 3.63) is 53.6 Å². The number of piperidine rings is 1. The Morgan fingerprint density at radius 2 is 1.96 bits per heavy atom. The molecule has 2 atom stereocenters. The van der Waals surface area contributed by atoms with Gasteiger partial charge in [0.05, 0.1) is 23.5 Å². The van der Waals surface area contributed by atoms with E-state index in [0.29, 0.717) is 6.42 Å². The molecule has 0 saturated carbocycles. The van der Waals surface area contributed by atoms with Gasteiger partial charge in [0.2, 0.25) is 0 Å². The number of aryl methyl sites for hydroxylation is 2. The van der Waals surface area contributed by atoms with Crippen LogP contribution in [-0.4, -0.2) is 44.4 Å². The number of ether oxygens (including phenoxy) is 1. The van der Waals surface area contributed by atoms with Crippen molar-refractivity contribution in [2.45, 2.75) is 57.0 Å². The number of likely N-dealkylation sites (tertiary alicyclic amines) is 1. The van der Waals surface area contributed by atoms with Crippen molar-refractivity contribution in [3.8, 4) is 0 Å². The van der Waals surface area contributed by atoms with Gasteiger partial charge < -0.3 is 14.4 Å². The first-order chi connectivity index (χ1) is 12.5. The van der Waals surface area contributed by atoms with Crippen molar-refractivity contribution in [1.29, 1.82) is 0 Å². The average molecular weight is 355 g/mol. The summed E-state index contributed by atoms with van der Waals surface area (Å²) in [5, 5.41) is 10.5. The van der Waals surface area contributed by atoms with Gasteiger partial charge in [-0.15, -0.1) is 0 Å². The van der Waals surface area contributed by atoms with E-state index >= 15 is 0 Å². The predicted octanol–water partition coefficient (Wildman–Crippen LogP) is 2.98. The Labute approximate surface area is 155 Å². The molecule has 0 aliphatic carbocycles. The lowest BCUT2D eigenvalue weighted by Gasteiger charge is -2.48. The van der Waals surface area contributed by atoms with Crippen molar-refractivity contribution >= 4 is 0 Å². The number of nitrogens with zero attached hydrogens (tertiary/aromatic N) is 3. The molecule has 140 valence electrons. The Hall–Kier alpha value is -1.69. The Balaban J connectivity index is 1.40. The molecule has 2 saturated heterocycles. The van der Waals surface area contributed by atoms with E-state index < -0.39 is 0 Å². The van der Waals surface area contributed by atoms with Gasteiger partial charge >= 0.3 is 0 Å². The molecule has 5 nitrogen and oxygen atoms in total. The van der Waals surface area contributed by atoms with Crippen LogP contribution >= 0.6 is 0 Å². The molecule has 0 radical (unpaired) electrons. The van der Waals surface area contributed by atoms with Crippen LogP contribution in [0.4, 0.5) is 0 Å². The first-order valence-corrected chi connectivity index (χ1v) is 9.65. The van der Waals surface area contributed by atoms with E-state index in [1.54, 1.807) is 0 Å². The average Bonchev–Trinajstić information content (AvgIpc) is 2.95. The molecule has 0 amide bonds. The van der Waals surface area contributed by atoms with Crippen LogP contribution in [0.3, 0.4) is 0 Å². The van der Waals surface area contributed by atoms with Gasteiger partial charge in [-0.25, -0.2) is 4.98 Å².